The molecule has 1 N–H and O–H groups in total. The molecule has 1 aromatic carbocycles. The molecule has 1 fully saturated rings. The van der Waals surface area contributed by atoms with Gasteiger partial charge in [-0.2, -0.15) is 0 Å². The van der Waals surface area contributed by atoms with Crippen LogP contribution in [0.5, 0.6) is 5.75 Å². The van der Waals surface area contributed by atoms with Crippen LogP contribution in [0.15, 0.2) is 18.2 Å². The van der Waals surface area contributed by atoms with E-state index >= 15 is 0 Å². The third kappa shape index (κ3) is 2.33. The van der Waals surface area contributed by atoms with Crippen molar-refractivity contribution in [2.24, 2.45) is 0 Å². The number of hydrogen-bond donors (Lipinski definition) is 1. The Morgan fingerprint density at radius 2 is 2.19 bits per heavy atom. The lowest BCUT2D eigenvalue weighted by atomic mass is 9.78. The summed E-state index contributed by atoms with van der Waals surface area (Å²) in [5.74, 6) is 0.864. The van der Waals surface area contributed by atoms with E-state index in [-0.39, 0.29) is 0 Å². The highest BCUT2D eigenvalue weighted by Gasteiger charge is 2.31. The van der Waals surface area contributed by atoms with Gasteiger partial charge >= 0.3 is 0 Å². The predicted octanol–water partition coefficient (Wildman–Crippen LogP) is 3.38. The van der Waals surface area contributed by atoms with E-state index < -0.39 is 0 Å². The number of nitrogens with one attached hydrogen (secondary N) is 1. The summed E-state index contributed by atoms with van der Waals surface area (Å²) in [6.07, 6.45) is 3.82. The Hall–Kier alpha value is -0.730. The van der Waals surface area contributed by atoms with E-state index in [4.69, 9.17) is 16.3 Å². The van der Waals surface area contributed by atoms with Crippen molar-refractivity contribution in [2.75, 3.05) is 7.11 Å². The second-order valence-electron chi connectivity index (χ2n) is 4.69. The van der Waals surface area contributed by atoms with Gasteiger partial charge in [-0.05, 0) is 38.3 Å². The van der Waals surface area contributed by atoms with Gasteiger partial charge in [-0.15, -0.1) is 0 Å². The van der Waals surface area contributed by atoms with Gasteiger partial charge < -0.3 is 10.1 Å². The number of halogens is 1. The maximum atomic E-state index is 6.18. The number of hydrogen-bond acceptors (Lipinski definition) is 2. The first kappa shape index (κ1) is 11.7. The van der Waals surface area contributed by atoms with Crippen LogP contribution in [0.25, 0.3) is 0 Å². The number of methoxy groups -OCH3 is 1. The molecule has 0 aliphatic heterocycles. The first-order valence-corrected chi connectivity index (χ1v) is 6.09. The molecule has 0 heterocycles. The largest absolute Gasteiger partial charge is 0.496 e. The zero-order valence-corrected chi connectivity index (χ0v) is 10.6. The molecule has 3 heteroatoms. The summed E-state index contributed by atoms with van der Waals surface area (Å²) in [6.45, 7) is 3.04. The fourth-order valence-corrected chi connectivity index (χ4v) is 2.32. The van der Waals surface area contributed by atoms with Gasteiger partial charge in [0.2, 0.25) is 0 Å². The first-order chi connectivity index (χ1) is 7.64. The fourth-order valence-electron chi connectivity index (χ4n) is 2.09. The normalized spacial score (nSPS) is 17.9. The van der Waals surface area contributed by atoms with Crippen molar-refractivity contribution in [1.29, 1.82) is 0 Å². The quantitative estimate of drug-likeness (QED) is 0.870. The van der Waals surface area contributed by atoms with Crippen LogP contribution in [0.4, 0.5) is 0 Å². The average molecular weight is 240 g/mol. The van der Waals surface area contributed by atoms with Gasteiger partial charge in [0.05, 0.1) is 7.11 Å². The topological polar surface area (TPSA) is 21.3 Å². The van der Waals surface area contributed by atoms with Gasteiger partial charge in [-0.3, -0.25) is 0 Å². The summed E-state index contributed by atoms with van der Waals surface area (Å²) in [7, 11) is 1.68. The van der Waals surface area contributed by atoms with Crippen molar-refractivity contribution < 1.29 is 4.74 Å². The van der Waals surface area contributed by atoms with E-state index in [9.17, 15) is 0 Å². The van der Waals surface area contributed by atoms with Crippen LogP contribution in [-0.2, 0) is 6.54 Å². The summed E-state index contributed by atoms with van der Waals surface area (Å²) in [5.41, 5.74) is 1.35. The third-order valence-corrected chi connectivity index (χ3v) is 3.80. The molecule has 1 aliphatic carbocycles. The highest BCUT2D eigenvalue weighted by atomic mass is 35.5. The second-order valence-corrected chi connectivity index (χ2v) is 5.10. The Labute approximate surface area is 102 Å². The molecule has 0 atom stereocenters. The van der Waals surface area contributed by atoms with E-state index in [0.717, 1.165) is 22.9 Å². The smallest absolute Gasteiger partial charge is 0.124 e. The van der Waals surface area contributed by atoms with Gasteiger partial charge in [0.1, 0.15) is 5.75 Å². The molecule has 88 valence electrons. The number of benzene rings is 1. The number of ether oxygens (including phenoxy) is 1. The lowest BCUT2D eigenvalue weighted by Gasteiger charge is -2.39. The van der Waals surface area contributed by atoms with Crippen LogP contribution < -0.4 is 10.1 Å². The zero-order valence-electron chi connectivity index (χ0n) is 9.85. The van der Waals surface area contributed by atoms with Crippen molar-refractivity contribution >= 4 is 11.6 Å². The van der Waals surface area contributed by atoms with Crippen LogP contribution in [0.3, 0.4) is 0 Å². The minimum Gasteiger partial charge on any atom is -0.496 e. The molecular formula is C13H18ClNO. The molecule has 1 aromatic rings. The summed E-state index contributed by atoms with van der Waals surface area (Å²) < 4.78 is 5.32. The maximum absolute atomic E-state index is 6.18. The molecule has 2 nitrogen and oxygen atoms in total. The fraction of sp³-hybridized carbons (Fsp3) is 0.538. The van der Waals surface area contributed by atoms with Gasteiger partial charge in [0, 0.05) is 22.7 Å². The Kier molecular flexibility index (Phi) is 3.41. The summed E-state index contributed by atoms with van der Waals surface area (Å²) in [4.78, 5) is 0. The molecule has 1 saturated carbocycles. The highest BCUT2D eigenvalue weighted by molar-refractivity contribution is 6.31. The van der Waals surface area contributed by atoms with Crippen LogP contribution in [-0.4, -0.2) is 12.6 Å². The lowest BCUT2D eigenvalue weighted by molar-refractivity contribution is 0.206. The Balaban J connectivity index is 2.08. The summed E-state index contributed by atoms with van der Waals surface area (Å²) in [6, 6.07) is 5.77. The molecule has 0 amide bonds. The van der Waals surface area contributed by atoms with Gasteiger partial charge in [0.25, 0.3) is 0 Å². The van der Waals surface area contributed by atoms with Gasteiger partial charge in [0.15, 0.2) is 0 Å². The van der Waals surface area contributed by atoms with E-state index in [0.29, 0.717) is 5.54 Å². The Morgan fingerprint density at radius 1 is 1.44 bits per heavy atom. The molecule has 16 heavy (non-hydrogen) atoms. The van der Waals surface area contributed by atoms with Crippen molar-refractivity contribution in [3.05, 3.63) is 28.8 Å². The molecule has 0 unspecified atom stereocenters. The van der Waals surface area contributed by atoms with Crippen LogP contribution in [0, 0.1) is 0 Å². The minimum atomic E-state index is 0.296. The second kappa shape index (κ2) is 4.64. The monoisotopic (exact) mass is 239 g/mol. The van der Waals surface area contributed by atoms with Crippen molar-refractivity contribution in [3.63, 3.8) is 0 Å². The molecular weight excluding hydrogens is 222 g/mol. The van der Waals surface area contributed by atoms with Crippen LogP contribution in [0.1, 0.15) is 31.7 Å². The molecule has 0 saturated heterocycles. The summed E-state index contributed by atoms with van der Waals surface area (Å²) in [5, 5.41) is 4.34. The van der Waals surface area contributed by atoms with Crippen molar-refractivity contribution in [2.45, 2.75) is 38.3 Å². The van der Waals surface area contributed by atoms with Crippen molar-refractivity contribution in [3.8, 4) is 5.75 Å². The molecule has 0 radical (unpaired) electrons. The predicted molar refractivity (Wildman–Crippen MR) is 67.1 cm³/mol. The Morgan fingerprint density at radius 3 is 2.75 bits per heavy atom. The van der Waals surface area contributed by atoms with Crippen LogP contribution in [0.2, 0.25) is 5.02 Å². The zero-order chi connectivity index (χ0) is 11.6. The van der Waals surface area contributed by atoms with E-state index in [1.807, 2.05) is 18.2 Å². The van der Waals surface area contributed by atoms with Gasteiger partial charge in [-0.1, -0.05) is 17.7 Å². The Bertz CT molecular complexity index is 374. The molecule has 0 spiro atoms. The maximum Gasteiger partial charge on any atom is 0.124 e. The SMILES string of the molecule is COc1cccc(Cl)c1CNC1(C)CCC1. The van der Waals surface area contributed by atoms with E-state index in [1.54, 1.807) is 7.11 Å². The lowest BCUT2D eigenvalue weighted by Crippen LogP contribution is -2.47. The van der Waals surface area contributed by atoms with E-state index in [1.165, 1.54) is 19.3 Å². The number of rotatable bonds is 4. The average Bonchev–Trinajstić information content (AvgIpc) is 2.24. The molecule has 2 rings (SSSR count). The highest BCUT2D eigenvalue weighted by Crippen LogP contribution is 2.33. The molecule has 0 bridgehead atoms. The minimum absolute atomic E-state index is 0.296. The summed E-state index contributed by atoms with van der Waals surface area (Å²) >= 11 is 6.18. The third-order valence-electron chi connectivity index (χ3n) is 3.44. The van der Waals surface area contributed by atoms with Crippen molar-refractivity contribution in [1.82, 2.24) is 5.32 Å². The standard InChI is InChI=1S/C13H18ClNO/c1-13(7-4-8-13)15-9-10-11(14)5-3-6-12(10)16-2/h3,5-6,15H,4,7-9H2,1-2H3. The first-order valence-electron chi connectivity index (χ1n) is 5.71. The molecule has 0 aromatic heterocycles. The van der Waals surface area contributed by atoms with Crippen LogP contribution >= 0.6 is 11.6 Å². The molecule has 1 aliphatic rings. The van der Waals surface area contributed by atoms with E-state index in [2.05, 4.69) is 12.2 Å². The van der Waals surface area contributed by atoms with Gasteiger partial charge in [-0.25, -0.2) is 0 Å².